The van der Waals surface area contributed by atoms with Gasteiger partial charge in [-0.25, -0.2) is 0 Å². The van der Waals surface area contributed by atoms with Crippen LogP contribution in [0.5, 0.6) is 0 Å². The van der Waals surface area contributed by atoms with E-state index in [0.717, 1.165) is 0 Å². The topological polar surface area (TPSA) is 55.4 Å². The first kappa shape index (κ1) is 16.9. The molecule has 0 saturated carbocycles. The minimum Gasteiger partial charge on any atom is -0.382 e. The number of ether oxygens (including phenoxy) is 6. The second kappa shape index (κ2) is 8.89. The highest BCUT2D eigenvalue weighted by Crippen LogP contribution is 2.25. The quantitative estimate of drug-likeness (QED) is 0.506. The van der Waals surface area contributed by atoms with E-state index in [2.05, 4.69) is 0 Å². The summed E-state index contributed by atoms with van der Waals surface area (Å²) in [7, 11) is 8.57. The molecule has 19 heavy (non-hydrogen) atoms. The SMILES string of the molecule is B[C@@H]1O[C@H](COC)C(OC)[C@@H]1OC[C@@H](COC)OC. The Morgan fingerprint density at radius 1 is 1.05 bits per heavy atom. The summed E-state index contributed by atoms with van der Waals surface area (Å²) in [5.74, 6) is 0. The Morgan fingerprint density at radius 2 is 1.79 bits per heavy atom. The molecule has 112 valence electrons. The first-order valence-corrected chi connectivity index (χ1v) is 6.48. The van der Waals surface area contributed by atoms with Crippen molar-refractivity contribution in [2.75, 3.05) is 48.3 Å². The first-order chi connectivity index (χ1) is 9.17. The summed E-state index contributed by atoms with van der Waals surface area (Å²) in [5.41, 5.74) is 0. The van der Waals surface area contributed by atoms with Crippen LogP contribution >= 0.6 is 0 Å². The second-order valence-electron chi connectivity index (χ2n) is 4.65. The summed E-state index contributed by atoms with van der Waals surface area (Å²) < 4.78 is 32.6. The van der Waals surface area contributed by atoms with E-state index in [9.17, 15) is 0 Å². The standard InChI is InChI=1S/C12H25BO6/c1-14-5-8(16-3)6-18-11-10(17-4)9(7-15-2)19-12(11)13/h8-12H,5-7,13H2,1-4H3/t8-,9-,10?,11+,12-/m1/s1. The van der Waals surface area contributed by atoms with Gasteiger partial charge in [0, 0.05) is 28.4 Å². The summed E-state index contributed by atoms with van der Waals surface area (Å²) in [6.07, 6.45) is -0.441. The van der Waals surface area contributed by atoms with Gasteiger partial charge in [0.05, 0.1) is 25.8 Å². The van der Waals surface area contributed by atoms with E-state index in [1.54, 1.807) is 28.4 Å². The molecule has 0 radical (unpaired) electrons. The van der Waals surface area contributed by atoms with E-state index in [1.807, 2.05) is 7.85 Å². The summed E-state index contributed by atoms with van der Waals surface area (Å²) in [4.78, 5) is 0. The lowest BCUT2D eigenvalue weighted by atomic mass is 9.92. The van der Waals surface area contributed by atoms with E-state index in [4.69, 9.17) is 28.4 Å². The Balaban J connectivity index is 2.50. The van der Waals surface area contributed by atoms with Crippen LogP contribution in [-0.2, 0) is 28.4 Å². The van der Waals surface area contributed by atoms with Crippen molar-refractivity contribution in [1.29, 1.82) is 0 Å². The van der Waals surface area contributed by atoms with Crippen LogP contribution in [0.15, 0.2) is 0 Å². The molecular weight excluding hydrogens is 251 g/mol. The van der Waals surface area contributed by atoms with Crippen LogP contribution < -0.4 is 0 Å². The molecule has 1 rings (SSSR count). The van der Waals surface area contributed by atoms with Crippen molar-refractivity contribution < 1.29 is 28.4 Å². The zero-order chi connectivity index (χ0) is 14.3. The summed E-state index contributed by atoms with van der Waals surface area (Å²) >= 11 is 0. The average molecular weight is 276 g/mol. The molecule has 0 aromatic carbocycles. The van der Waals surface area contributed by atoms with Crippen LogP contribution in [0.2, 0.25) is 0 Å². The van der Waals surface area contributed by atoms with Crippen molar-refractivity contribution in [2.24, 2.45) is 0 Å². The maximum atomic E-state index is 5.89. The van der Waals surface area contributed by atoms with Gasteiger partial charge in [-0.05, 0) is 0 Å². The monoisotopic (exact) mass is 276 g/mol. The van der Waals surface area contributed by atoms with E-state index >= 15 is 0 Å². The number of rotatable bonds is 9. The largest absolute Gasteiger partial charge is 0.382 e. The Morgan fingerprint density at radius 3 is 2.32 bits per heavy atom. The number of methoxy groups -OCH3 is 4. The second-order valence-corrected chi connectivity index (χ2v) is 4.65. The highest BCUT2D eigenvalue weighted by Gasteiger charge is 2.43. The van der Waals surface area contributed by atoms with Gasteiger partial charge in [0.25, 0.3) is 0 Å². The zero-order valence-corrected chi connectivity index (χ0v) is 12.5. The van der Waals surface area contributed by atoms with Crippen LogP contribution in [0.3, 0.4) is 0 Å². The van der Waals surface area contributed by atoms with Crippen molar-refractivity contribution in [3.63, 3.8) is 0 Å². The fourth-order valence-electron chi connectivity index (χ4n) is 2.31. The summed E-state index contributed by atoms with van der Waals surface area (Å²) in [5, 5.41) is 0. The normalized spacial score (nSPS) is 32.6. The molecule has 0 bridgehead atoms. The summed E-state index contributed by atoms with van der Waals surface area (Å²) in [6.45, 7) is 1.44. The first-order valence-electron chi connectivity index (χ1n) is 6.48. The van der Waals surface area contributed by atoms with Gasteiger partial charge in [-0.15, -0.1) is 0 Å². The Hall–Kier alpha value is -0.175. The van der Waals surface area contributed by atoms with Crippen molar-refractivity contribution in [3.05, 3.63) is 0 Å². The van der Waals surface area contributed by atoms with Crippen molar-refractivity contribution in [2.45, 2.75) is 30.4 Å². The van der Waals surface area contributed by atoms with Gasteiger partial charge in [-0.1, -0.05) is 0 Å². The van der Waals surface area contributed by atoms with Crippen LogP contribution in [-0.4, -0.2) is 86.5 Å². The van der Waals surface area contributed by atoms with E-state index in [0.29, 0.717) is 19.8 Å². The van der Waals surface area contributed by atoms with Crippen molar-refractivity contribution in [1.82, 2.24) is 0 Å². The smallest absolute Gasteiger partial charge is 0.142 e. The van der Waals surface area contributed by atoms with Crippen LogP contribution in [0.4, 0.5) is 0 Å². The minimum atomic E-state index is -0.130. The maximum absolute atomic E-state index is 5.89. The van der Waals surface area contributed by atoms with Gasteiger partial charge in [-0.2, -0.15) is 0 Å². The zero-order valence-electron chi connectivity index (χ0n) is 12.5. The van der Waals surface area contributed by atoms with E-state index in [-0.39, 0.29) is 30.4 Å². The lowest BCUT2D eigenvalue weighted by molar-refractivity contribution is -0.0903. The van der Waals surface area contributed by atoms with Crippen LogP contribution in [0, 0.1) is 0 Å². The predicted octanol–water partition coefficient (Wildman–Crippen LogP) is -0.948. The fraction of sp³-hybridized carbons (Fsp3) is 1.00. The predicted molar refractivity (Wildman–Crippen MR) is 72.3 cm³/mol. The van der Waals surface area contributed by atoms with Gasteiger partial charge >= 0.3 is 0 Å². The maximum Gasteiger partial charge on any atom is 0.142 e. The molecule has 1 aliphatic heterocycles. The van der Waals surface area contributed by atoms with Gasteiger partial charge in [0.15, 0.2) is 0 Å². The average Bonchev–Trinajstić information content (AvgIpc) is 2.70. The highest BCUT2D eigenvalue weighted by atomic mass is 16.6. The Kier molecular flexibility index (Phi) is 7.90. The van der Waals surface area contributed by atoms with Gasteiger partial charge in [0.2, 0.25) is 0 Å². The lowest BCUT2D eigenvalue weighted by Gasteiger charge is -2.24. The van der Waals surface area contributed by atoms with Crippen molar-refractivity contribution in [3.8, 4) is 0 Å². The molecular formula is C12H25BO6. The number of hydrogen-bond donors (Lipinski definition) is 0. The Bertz CT molecular complexity index is 242. The molecule has 0 aromatic rings. The third-order valence-electron chi connectivity index (χ3n) is 3.31. The third kappa shape index (κ3) is 4.70. The summed E-state index contributed by atoms with van der Waals surface area (Å²) in [6, 6.07) is -0.0369. The lowest BCUT2D eigenvalue weighted by Crippen LogP contribution is -2.40. The molecule has 0 amide bonds. The van der Waals surface area contributed by atoms with Gasteiger partial charge in [0.1, 0.15) is 32.3 Å². The van der Waals surface area contributed by atoms with Crippen molar-refractivity contribution >= 4 is 7.85 Å². The molecule has 1 heterocycles. The molecule has 0 aliphatic carbocycles. The van der Waals surface area contributed by atoms with E-state index < -0.39 is 0 Å². The van der Waals surface area contributed by atoms with Crippen LogP contribution in [0.25, 0.3) is 0 Å². The highest BCUT2D eigenvalue weighted by molar-refractivity contribution is 6.11. The van der Waals surface area contributed by atoms with E-state index in [1.165, 1.54) is 0 Å². The molecule has 0 aromatic heterocycles. The molecule has 1 unspecified atom stereocenters. The molecule has 1 saturated heterocycles. The molecule has 1 aliphatic rings. The molecule has 1 fully saturated rings. The fourth-order valence-corrected chi connectivity index (χ4v) is 2.31. The van der Waals surface area contributed by atoms with Gasteiger partial charge in [-0.3, -0.25) is 0 Å². The molecule has 7 heteroatoms. The Labute approximate surface area is 116 Å². The van der Waals surface area contributed by atoms with Gasteiger partial charge < -0.3 is 28.4 Å². The molecule has 0 N–H and O–H groups in total. The van der Waals surface area contributed by atoms with Crippen LogP contribution in [0.1, 0.15) is 0 Å². The third-order valence-corrected chi connectivity index (χ3v) is 3.31. The number of hydrogen-bond acceptors (Lipinski definition) is 6. The minimum absolute atomic E-state index is 0.0369. The molecule has 6 nitrogen and oxygen atoms in total. The molecule has 0 spiro atoms. The molecule has 5 atom stereocenters.